The number of carbonyl (C=O) groups excluding carboxylic acids is 1. The third kappa shape index (κ3) is 2.59. The Balaban J connectivity index is 1.82. The Hall–Kier alpha value is -1.36. The number of carbonyl (C=O) groups is 1. The molecule has 0 radical (unpaired) electrons. The molecule has 0 bridgehead atoms. The van der Waals surface area contributed by atoms with E-state index in [1.54, 1.807) is 11.3 Å². The van der Waals surface area contributed by atoms with E-state index in [9.17, 15) is 4.79 Å². The summed E-state index contributed by atoms with van der Waals surface area (Å²) < 4.78 is 7.05. The van der Waals surface area contributed by atoms with E-state index in [1.165, 1.54) is 25.7 Å². The molecule has 20 heavy (non-hydrogen) atoms. The highest BCUT2D eigenvalue weighted by Crippen LogP contribution is 2.29. The highest BCUT2D eigenvalue weighted by molar-refractivity contribution is 7.15. The molecule has 0 aliphatic heterocycles. The number of nitrogens with zero attached hydrogens (tertiary/aromatic N) is 2. The van der Waals surface area contributed by atoms with Crippen molar-refractivity contribution in [1.29, 1.82) is 0 Å². The van der Waals surface area contributed by atoms with Gasteiger partial charge in [0, 0.05) is 11.6 Å². The molecule has 1 saturated carbocycles. The molecule has 2 aromatic rings. The van der Waals surface area contributed by atoms with Gasteiger partial charge in [-0.2, -0.15) is 0 Å². The maximum atomic E-state index is 12.2. The lowest BCUT2D eigenvalue weighted by Crippen LogP contribution is -2.11. The average molecular weight is 292 g/mol. The average Bonchev–Trinajstić information content (AvgIpc) is 3.13. The lowest BCUT2D eigenvalue weighted by molar-refractivity contribution is 0.0517. The van der Waals surface area contributed by atoms with Crippen LogP contribution in [0.2, 0.25) is 0 Å². The lowest BCUT2D eigenvalue weighted by atomic mass is 10.00. The van der Waals surface area contributed by atoms with E-state index in [-0.39, 0.29) is 5.97 Å². The maximum absolute atomic E-state index is 12.2. The van der Waals surface area contributed by atoms with E-state index >= 15 is 0 Å². The third-order valence-electron chi connectivity index (χ3n) is 4.07. The van der Waals surface area contributed by atoms with Crippen LogP contribution in [-0.2, 0) is 11.2 Å². The largest absolute Gasteiger partial charge is 0.461 e. The Kier molecular flexibility index (Phi) is 4.05. The molecule has 0 N–H and O–H groups in total. The summed E-state index contributed by atoms with van der Waals surface area (Å²) in [7, 11) is 0. The summed E-state index contributed by atoms with van der Waals surface area (Å²) >= 11 is 1.56. The van der Waals surface area contributed by atoms with Crippen molar-refractivity contribution >= 4 is 22.3 Å². The van der Waals surface area contributed by atoms with Crippen LogP contribution in [0.25, 0.3) is 4.96 Å². The van der Waals surface area contributed by atoms with Crippen LogP contribution in [0.1, 0.15) is 55.2 Å². The number of aryl methyl sites for hydroxylation is 1. The van der Waals surface area contributed by atoms with E-state index < -0.39 is 0 Å². The fraction of sp³-hybridized carbons (Fsp3) is 0.600. The molecule has 4 nitrogen and oxygen atoms in total. The van der Waals surface area contributed by atoms with Gasteiger partial charge in [0.05, 0.1) is 12.3 Å². The van der Waals surface area contributed by atoms with Crippen molar-refractivity contribution in [2.45, 2.75) is 45.4 Å². The number of imidazole rings is 1. The van der Waals surface area contributed by atoms with E-state index in [1.807, 2.05) is 22.9 Å². The van der Waals surface area contributed by atoms with E-state index in [4.69, 9.17) is 4.74 Å². The van der Waals surface area contributed by atoms with Crippen LogP contribution in [0, 0.1) is 5.92 Å². The first-order valence-corrected chi connectivity index (χ1v) is 8.29. The Morgan fingerprint density at radius 2 is 2.30 bits per heavy atom. The second kappa shape index (κ2) is 5.95. The van der Waals surface area contributed by atoms with Crippen molar-refractivity contribution in [2.75, 3.05) is 6.61 Å². The third-order valence-corrected chi connectivity index (χ3v) is 4.82. The molecule has 1 fully saturated rings. The van der Waals surface area contributed by atoms with Crippen LogP contribution in [0.3, 0.4) is 0 Å². The Morgan fingerprint density at radius 3 is 3.05 bits per heavy atom. The Bertz CT molecular complexity index is 596. The topological polar surface area (TPSA) is 43.6 Å². The molecule has 3 rings (SSSR count). The normalized spacial score (nSPS) is 16.1. The smallest absolute Gasteiger partial charge is 0.357 e. The fourth-order valence-corrected chi connectivity index (χ4v) is 3.79. The van der Waals surface area contributed by atoms with Crippen molar-refractivity contribution in [1.82, 2.24) is 9.38 Å². The number of rotatable bonds is 5. The predicted molar refractivity (Wildman–Crippen MR) is 79.3 cm³/mol. The highest BCUT2D eigenvalue weighted by Gasteiger charge is 2.22. The molecule has 1 aliphatic carbocycles. The number of ether oxygens (including phenoxy) is 1. The van der Waals surface area contributed by atoms with Gasteiger partial charge < -0.3 is 4.74 Å². The number of aromatic nitrogens is 2. The predicted octanol–water partition coefficient (Wildman–Crippen LogP) is 3.70. The van der Waals surface area contributed by atoms with Gasteiger partial charge in [-0.1, -0.05) is 25.7 Å². The molecule has 0 unspecified atom stereocenters. The number of hydrogen-bond acceptors (Lipinski definition) is 4. The van der Waals surface area contributed by atoms with Crippen molar-refractivity contribution in [3.63, 3.8) is 0 Å². The minimum atomic E-state index is -0.250. The van der Waals surface area contributed by atoms with Crippen LogP contribution < -0.4 is 0 Å². The summed E-state index contributed by atoms with van der Waals surface area (Å²) in [5.41, 5.74) is 1.53. The molecule has 5 heteroatoms. The second-order valence-corrected chi connectivity index (χ2v) is 6.25. The maximum Gasteiger partial charge on any atom is 0.357 e. The van der Waals surface area contributed by atoms with E-state index in [0.717, 1.165) is 29.4 Å². The van der Waals surface area contributed by atoms with Gasteiger partial charge >= 0.3 is 5.97 Å². The van der Waals surface area contributed by atoms with Crippen molar-refractivity contribution in [3.8, 4) is 0 Å². The van der Waals surface area contributed by atoms with Crippen LogP contribution >= 0.6 is 11.3 Å². The molecular formula is C15H20N2O2S. The first kappa shape index (κ1) is 13.6. The fourth-order valence-electron chi connectivity index (χ4n) is 3.06. The summed E-state index contributed by atoms with van der Waals surface area (Å²) in [6.07, 6.45) is 9.29. The standard InChI is InChI=1S/C15H20N2O2S/c1-2-19-14(18)13-12(8-7-11-5-3-4-6-11)16-15-17(13)9-10-20-15/h9-11H,2-8H2,1H3. The molecule has 0 saturated heterocycles. The summed E-state index contributed by atoms with van der Waals surface area (Å²) in [5, 5.41) is 1.95. The van der Waals surface area contributed by atoms with E-state index in [2.05, 4.69) is 4.98 Å². The van der Waals surface area contributed by atoms with Gasteiger partial charge in [0.2, 0.25) is 0 Å². The zero-order chi connectivity index (χ0) is 13.9. The summed E-state index contributed by atoms with van der Waals surface area (Å²) in [4.78, 5) is 17.7. The van der Waals surface area contributed by atoms with Crippen molar-refractivity contribution in [2.24, 2.45) is 5.92 Å². The quantitative estimate of drug-likeness (QED) is 0.789. The molecule has 0 atom stereocenters. The highest BCUT2D eigenvalue weighted by atomic mass is 32.1. The second-order valence-electron chi connectivity index (χ2n) is 5.37. The first-order valence-electron chi connectivity index (χ1n) is 7.41. The van der Waals surface area contributed by atoms with Gasteiger partial charge in [0.1, 0.15) is 0 Å². The van der Waals surface area contributed by atoms with Gasteiger partial charge in [-0.05, 0) is 25.7 Å². The monoisotopic (exact) mass is 292 g/mol. The van der Waals surface area contributed by atoms with Crippen molar-refractivity contribution < 1.29 is 9.53 Å². The lowest BCUT2D eigenvalue weighted by Gasteiger charge is -2.08. The number of esters is 1. The first-order chi connectivity index (χ1) is 9.79. The summed E-state index contributed by atoms with van der Waals surface area (Å²) in [6, 6.07) is 0. The number of hydrogen-bond donors (Lipinski definition) is 0. The van der Waals surface area contributed by atoms with Gasteiger partial charge in [0.15, 0.2) is 10.7 Å². The van der Waals surface area contributed by atoms with Gasteiger partial charge in [0.25, 0.3) is 0 Å². The van der Waals surface area contributed by atoms with Crippen LogP contribution in [-0.4, -0.2) is 22.0 Å². The molecule has 2 aromatic heterocycles. The summed E-state index contributed by atoms with van der Waals surface area (Å²) in [6.45, 7) is 2.24. The van der Waals surface area contributed by atoms with Crippen LogP contribution in [0.4, 0.5) is 0 Å². The molecule has 2 heterocycles. The minimum Gasteiger partial charge on any atom is -0.461 e. The molecule has 0 amide bonds. The van der Waals surface area contributed by atoms with Gasteiger partial charge in [-0.25, -0.2) is 9.78 Å². The molecule has 108 valence electrons. The number of fused-ring (bicyclic) bond motifs is 1. The van der Waals surface area contributed by atoms with Gasteiger partial charge in [-0.3, -0.25) is 4.40 Å². The molecule has 0 spiro atoms. The van der Waals surface area contributed by atoms with Crippen molar-refractivity contribution in [3.05, 3.63) is 23.0 Å². The summed E-state index contributed by atoms with van der Waals surface area (Å²) in [5.74, 6) is 0.560. The molecule has 1 aliphatic rings. The zero-order valence-corrected chi connectivity index (χ0v) is 12.6. The Morgan fingerprint density at radius 1 is 1.50 bits per heavy atom. The number of thiazole rings is 1. The van der Waals surface area contributed by atoms with Crippen LogP contribution in [0.5, 0.6) is 0 Å². The zero-order valence-electron chi connectivity index (χ0n) is 11.8. The SMILES string of the molecule is CCOC(=O)c1c(CCC2CCCC2)nc2sccn12. The van der Waals surface area contributed by atoms with Gasteiger partial charge in [-0.15, -0.1) is 11.3 Å². The van der Waals surface area contributed by atoms with E-state index in [0.29, 0.717) is 12.3 Å². The minimum absolute atomic E-state index is 0.250. The van der Waals surface area contributed by atoms with Crippen LogP contribution in [0.15, 0.2) is 11.6 Å². The molecular weight excluding hydrogens is 272 g/mol. The Labute approximate surface area is 122 Å². The molecule has 0 aromatic carbocycles.